The van der Waals surface area contributed by atoms with Crippen LogP contribution in [0, 0.1) is 22.2 Å². The smallest absolute Gasteiger partial charge is 0.0700 e. The third kappa shape index (κ3) is 2.51. The maximum absolute atomic E-state index is 8.80. The van der Waals surface area contributed by atoms with Gasteiger partial charge in [-0.05, 0) is 19.3 Å². The van der Waals surface area contributed by atoms with Gasteiger partial charge in [-0.3, -0.25) is 0 Å². The molecule has 2 heteroatoms. The Bertz CT molecular complexity index is 169. The van der Waals surface area contributed by atoms with E-state index < -0.39 is 5.41 Å². The van der Waals surface area contributed by atoms with E-state index in [0.717, 1.165) is 0 Å². The van der Waals surface area contributed by atoms with Crippen molar-refractivity contribution in [1.82, 2.24) is 0 Å². The molecule has 2 nitrogen and oxygen atoms in total. The van der Waals surface area contributed by atoms with Crippen LogP contribution in [0.2, 0.25) is 0 Å². The molecule has 0 amide bonds. The van der Waals surface area contributed by atoms with E-state index in [1.54, 1.807) is 0 Å². The molecule has 0 fully saturated rings. The van der Waals surface area contributed by atoms with Gasteiger partial charge >= 0.3 is 0 Å². The minimum Gasteiger partial charge on any atom is -0.326 e. The third-order valence-corrected chi connectivity index (χ3v) is 2.00. The van der Waals surface area contributed by atoms with Gasteiger partial charge in [-0.2, -0.15) is 5.26 Å². The first kappa shape index (κ1) is 10.4. The molecule has 0 rings (SSSR count). The van der Waals surface area contributed by atoms with Crippen LogP contribution in [-0.4, -0.2) is 6.04 Å². The SMILES string of the molecule is CC(C)(C)C(N)C(C)(C)C#N. The van der Waals surface area contributed by atoms with Gasteiger partial charge in [0, 0.05) is 6.04 Å². The van der Waals surface area contributed by atoms with E-state index in [1.807, 2.05) is 13.8 Å². The van der Waals surface area contributed by atoms with Gasteiger partial charge < -0.3 is 5.73 Å². The normalized spacial score (nSPS) is 15.7. The maximum Gasteiger partial charge on any atom is 0.0700 e. The Hall–Kier alpha value is -0.550. The molecule has 64 valence electrons. The Morgan fingerprint density at radius 1 is 1.18 bits per heavy atom. The highest BCUT2D eigenvalue weighted by Gasteiger charge is 2.34. The zero-order valence-electron chi connectivity index (χ0n) is 8.10. The molecular formula is C9H18N2. The van der Waals surface area contributed by atoms with E-state index in [0.29, 0.717) is 0 Å². The first-order valence-corrected chi connectivity index (χ1v) is 3.88. The largest absolute Gasteiger partial charge is 0.326 e. The summed E-state index contributed by atoms with van der Waals surface area (Å²) >= 11 is 0. The Morgan fingerprint density at radius 3 is 1.64 bits per heavy atom. The van der Waals surface area contributed by atoms with Crippen LogP contribution >= 0.6 is 0 Å². The lowest BCUT2D eigenvalue weighted by atomic mass is 9.72. The Morgan fingerprint density at radius 2 is 1.55 bits per heavy atom. The summed E-state index contributed by atoms with van der Waals surface area (Å²) in [6.07, 6.45) is 0. The molecule has 0 aliphatic heterocycles. The number of nitrogens with zero attached hydrogens (tertiary/aromatic N) is 1. The topological polar surface area (TPSA) is 49.8 Å². The fraction of sp³-hybridized carbons (Fsp3) is 0.889. The summed E-state index contributed by atoms with van der Waals surface area (Å²) < 4.78 is 0. The van der Waals surface area contributed by atoms with Crippen molar-refractivity contribution in [3.63, 3.8) is 0 Å². The lowest BCUT2D eigenvalue weighted by Gasteiger charge is -2.35. The van der Waals surface area contributed by atoms with Gasteiger partial charge in [-0.15, -0.1) is 0 Å². The Balaban J connectivity index is 4.52. The van der Waals surface area contributed by atoms with Gasteiger partial charge in [0.05, 0.1) is 11.5 Å². The predicted molar refractivity (Wildman–Crippen MR) is 46.8 cm³/mol. The molecule has 0 spiro atoms. The molecule has 11 heavy (non-hydrogen) atoms. The summed E-state index contributed by atoms with van der Waals surface area (Å²) in [7, 11) is 0. The van der Waals surface area contributed by atoms with Gasteiger partial charge in [0.2, 0.25) is 0 Å². The number of nitrogens with two attached hydrogens (primary N) is 1. The van der Waals surface area contributed by atoms with Crippen LogP contribution in [0.15, 0.2) is 0 Å². The molecule has 0 heterocycles. The first-order valence-electron chi connectivity index (χ1n) is 3.88. The standard InChI is InChI=1S/C9H18N2/c1-8(2,3)7(11)9(4,5)6-10/h7H,11H2,1-5H3. The van der Waals surface area contributed by atoms with Gasteiger partial charge in [0.1, 0.15) is 0 Å². The number of hydrogen-bond acceptors (Lipinski definition) is 2. The van der Waals surface area contributed by atoms with Crippen molar-refractivity contribution < 1.29 is 0 Å². The van der Waals surface area contributed by atoms with Crippen LogP contribution in [0.1, 0.15) is 34.6 Å². The third-order valence-electron chi connectivity index (χ3n) is 2.00. The van der Waals surface area contributed by atoms with E-state index in [2.05, 4.69) is 26.8 Å². The molecule has 0 aliphatic rings. The average molecular weight is 154 g/mol. The highest BCUT2D eigenvalue weighted by atomic mass is 14.7. The molecule has 2 N–H and O–H groups in total. The molecule has 1 atom stereocenters. The van der Waals surface area contributed by atoms with E-state index >= 15 is 0 Å². The van der Waals surface area contributed by atoms with E-state index in [1.165, 1.54) is 0 Å². The minimum absolute atomic E-state index is 0.000764. The minimum atomic E-state index is -0.432. The maximum atomic E-state index is 8.80. The zero-order valence-corrected chi connectivity index (χ0v) is 8.10. The summed E-state index contributed by atoms with van der Waals surface area (Å²) in [5.74, 6) is 0. The second-order valence-corrected chi connectivity index (χ2v) is 4.68. The highest BCUT2D eigenvalue weighted by Crippen LogP contribution is 2.31. The summed E-state index contributed by atoms with van der Waals surface area (Å²) in [4.78, 5) is 0. The summed E-state index contributed by atoms with van der Waals surface area (Å²) in [5, 5.41) is 8.80. The van der Waals surface area contributed by atoms with Crippen LogP contribution in [0.4, 0.5) is 0 Å². The molecule has 0 aliphatic carbocycles. The van der Waals surface area contributed by atoms with Crippen molar-refractivity contribution in [1.29, 1.82) is 5.26 Å². The van der Waals surface area contributed by atoms with Gasteiger partial charge in [-0.1, -0.05) is 20.8 Å². The van der Waals surface area contributed by atoms with Gasteiger partial charge in [0.25, 0.3) is 0 Å². The van der Waals surface area contributed by atoms with Crippen molar-refractivity contribution in [3.05, 3.63) is 0 Å². The van der Waals surface area contributed by atoms with Crippen molar-refractivity contribution in [2.75, 3.05) is 0 Å². The fourth-order valence-electron chi connectivity index (χ4n) is 1.15. The number of nitriles is 1. The van der Waals surface area contributed by atoms with Crippen molar-refractivity contribution in [2.45, 2.75) is 40.7 Å². The monoisotopic (exact) mass is 154 g/mol. The van der Waals surface area contributed by atoms with Crippen LogP contribution in [0.25, 0.3) is 0 Å². The quantitative estimate of drug-likeness (QED) is 0.627. The highest BCUT2D eigenvalue weighted by molar-refractivity contribution is 5.03. The Kier molecular flexibility index (Phi) is 2.69. The van der Waals surface area contributed by atoms with Gasteiger partial charge in [0.15, 0.2) is 0 Å². The van der Waals surface area contributed by atoms with Crippen LogP contribution < -0.4 is 5.73 Å². The molecule has 0 saturated carbocycles. The van der Waals surface area contributed by atoms with Crippen molar-refractivity contribution in [3.8, 4) is 6.07 Å². The lowest BCUT2D eigenvalue weighted by Crippen LogP contribution is -2.46. The molecule has 0 bridgehead atoms. The molecule has 0 radical (unpaired) electrons. The number of rotatable bonds is 1. The second-order valence-electron chi connectivity index (χ2n) is 4.68. The van der Waals surface area contributed by atoms with Gasteiger partial charge in [-0.25, -0.2) is 0 Å². The predicted octanol–water partition coefficient (Wildman–Crippen LogP) is 1.91. The van der Waals surface area contributed by atoms with Crippen molar-refractivity contribution in [2.24, 2.45) is 16.6 Å². The molecule has 0 aromatic rings. The average Bonchev–Trinajstić information content (AvgIpc) is 1.84. The zero-order chi connectivity index (χ0) is 9.28. The first-order chi connectivity index (χ1) is 4.72. The summed E-state index contributed by atoms with van der Waals surface area (Å²) in [5.41, 5.74) is 5.48. The van der Waals surface area contributed by atoms with E-state index in [9.17, 15) is 0 Å². The fourth-order valence-corrected chi connectivity index (χ4v) is 1.15. The number of hydrogen-bond donors (Lipinski definition) is 1. The molecule has 0 aromatic heterocycles. The van der Waals surface area contributed by atoms with Crippen LogP contribution in [0.5, 0.6) is 0 Å². The summed E-state index contributed by atoms with van der Waals surface area (Å²) in [6.45, 7) is 9.91. The molecule has 0 aromatic carbocycles. The van der Waals surface area contributed by atoms with Crippen molar-refractivity contribution >= 4 is 0 Å². The van der Waals surface area contributed by atoms with E-state index in [-0.39, 0.29) is 11.5 Å². The summed E-state index contributed by atoms with van der Waals surface area (Å²) in [6, 6.07) is 2.14. The Labute approximate surface area is 69.4 Å². The molecule has 0 saturated heterocycles. The van der Waals surface area contributed by atoms with Crippen LogP contribution in [0.3, 0.4) is 0 Å². The lowest BCUT2D eigenvalue weighted by molar-refractivity contribution is 0.211. The van der Waals surface area contributed by atoms with Crippen LogP contribution in [-0.2, 0) is 0 Å². The second kappa shape index (κ2) is 2.83. The molecule has 1 unspecified atom stereocenters. The molecular weight excluding hydrogens is 136 g/mol. The van der Waals surface area contributed by atoms with E-state index in [4.69, 9.17) is 11.0 Å².